The summed E-state index contributed by atoms with van der Waals surface area (Å²) >= 11 is 1.74. The number of likely N-dealkylation sites (N-methyl/N-ethyl adjacent to an activating group) is 1. The average molecular weight is 332 g/mol. The van der Waals surface area contributed by atoms with Crippen LogP contribution in [-0.2, 0) is 4.79 Å². The Morgan fingerprint density at radius 2 is 1.83 bits per heavy atom. The average Bonchev–Trinajstić information content (AvgIpc) is 3.12. The van der Waals surface area contributed by atoms with Gasteiger partial charge >= 0.3 is 0 Å². The van der Waals surface area contributed by atoms with Gasteiger partial charge in [0, 0.05) is 12.6 Å². The lowest BCUT2D eigenvalue weighted by atomic mass is 9.95. The quantitative estimate of drug-likeness (QED) is 0.805. The molecule has 2 rings (SSSR count). The lowest BCUT2D eigenvalue weighted by molar-refractivity contribution is -0.704. The van der Waals surface area contributed by atoms with E-state index in [1.807, 2.05) is 6.92 Å². The molecule has 0 aliphatic heterocycles. The van der Waals surface area contributed by atoms with Crippen LogP contribution in [0.4, 0.5) is 0 Å². The fourth-order valence-corrected chi connectivity index (χ4v) is 3.54. The van der Waals surface area contributed by atoms with Crippen LogP contribution in [0.25, 0.3) is 0 Å². The molecule has 1 amide bonds. The first kappa shape index (κ1) is 17.7. The third kappa shape index (κ3) is 4.43. The largest absolute Gasteiger partial charge is 0.354 e. The van der Waals surface area contributed by atoms with Crippen LogP contribution in [0, 0.1) is 0 Å². The molecular weight excluding hydrogens is 304 g/mol. The zero-order valence-corrected chi connectivity index (χ0v) is 15.2. The van der Waals surface area contributed by atoms with E-state index in [4.69, 9.17) is 0 Å². The van der Waals surface area contributed by atoms with Gasteiger partial charge in [0.2, 0.25) is 0 Å². The van der Waals surface area contributed by atoms with Crippen molar-refractivity contribution in [3.8, 4) is 0 Å². The number of thiophene rings is 1. The number of hydrogen-bond donors (Lipinski definition) is 2. The Bertz CT molecular complexity index is 607. The minimum absolute atomic E-state index is 0.0581. The highest BCUT2D eigenvalue weighted by Gasteiger charge is 2.25. The number of carbonyl (C=O) groups is 1. The van der Waals surface area contributed by atoms with Crippen LogP contribution in [-0.4, -0.2) is 19.0 Å². The number of carbonyl (C=O) groups excluding carboxylic acids is 1. The molecule has 2 aromatic rings. The van der Waals surface area contributed by atoms with E-state index in [0.29, 0.717) is 5.92 Å². The van der Waals surface area contributed by atoms with Crippen molar-refractivity contribution in [3.63, 3.8) is 0 Å². The van der Waals surface area contributed by atoms with Crippen LogP contribution >= 0.6 is 11.3 Å². The molecule has 1 aromatic heterocycles. The van der Waals surface area contributed by atoms with E-state index in [1.165, 1.54) is 16.0 Å². The van der Waals surface area contributed by atoms with Gasteiger partial charge < -0.3 is 10.6 Å². The van der Waals surface area contributed by atoms with Gasteiger partial charge in [-0.2, -0.15) is 0 Å². The van der Waals surface area contributed by atoms with Gasteiger partial charge in [0.15, 0.2) is 6.04 Å². The first-order chi connectivity index (χ1) is 11.1. The van der Waals surface area contributed by atoms with E-state index in [2.05, 4.69) is 66.3 Å². The highest BCUT2D eigenvalue weighted by molar-refractivity contribution is 7.10. The Balaban J connectivity index is 2.25. The third-order valence-electron chi connectivity index (χ3n) is 4.47. The van der Waals surface area contributed by atoms with E-state index in [9.17, 15) is 4.79 Å². The molecule has 0 unspecified atom stereocenters. The molecule has 3 atom stereocenters. The summed E-state index contributed by atoms with van der Waals surface area (Å²) in [5.74, 6) is 0.640. The Hall–Kier alpha value is -1.65. The fourth-order valence-electron chi connectivity index (χ4n) is 2.71. The van der Waals surface area contributed by atoms with Crippen molar-refractivity contribution in [3.05, 3.63) is 57.8 Å². The number of rotatable bonds is 7. The molecule has 124 valence electrons. The summed E-state index contributed by atoms with van der Waals surface area (Å²) < 4.78 is 0. The molecule has 0 bridgehead atoms. The maximum atomic E-state index is 11.9. The first-order valence-electron chi connectivity index (χ1n) is 8.26. The summed E-state index contributed by atoms with van der Waals surface area (Å²) in [6.07, 6.45) is 1.15. The standard InChI is InChI=1S/C19H26N2OS/c1-5-13(2)15-8-10-16(11-9-15)18(17-7-6-12-23-17)21-14(3)19(22)20-4/h6-14,18,21H,5H2,1-4H3,(H,20,22)/p+1/t13-,14-,18-/m0/s1. The summed E-state index contributed by atoms with van der Waals surface area (Å²) in [5, 5.41) is 6.97. The van der Waals surface area contributed by atoms with Crippen molar-refractivity contribution in [1.29, 1.82) is 0 Å². The molecule has 0 saturated heterocycles. The van der Waals surface area contributed by atoms with Crippen molar-refractivity contribution >= 4 is 17.2 Å². The van der Waals surface area contributed by atoms with Crippen LogP contribution < -0.4 is 10.6 Å². The van der Waals surface area contributed by atoms with Crippen molar-refractivity contribution in [2.24, 2.45) is 0 Å². The van der Waals surface area contributed by atoms with Crippen LogP contribution in [0.3, 0.4) is 0 Å². The molecule has 3 N–H and O–H groups in total. The maximum absolute atomic E-state index is 11.9. The number of hydrogen-bond acceptors (Lipinski definition) is 2. The summed E-state index contributed by atoms with van der Waals surface area (Å²) in [4.78, 5) is 13.2. The molecule has 1 aromatic carbocycles. The van der Waals surface area contributed by atoms with Gasteiger partial charge in [0.1, 0.15) is 6.04 Å². The van der Waals surface area contributed by atoms with Crippen molar-refractivity contribution in [2.75, 3.05) is 7.05 Å². The Morgan fingerprint density at radius 3 is 2.35 bits per heavy atom. The normalized spacial score (nSPS) is 15.0. The number of nitrogens with two attached hydrogens (primary N) is 1. The summed E-state index contributed by atoms with van der Waals surface area (Å²) in [7, 11) is 1.69. The van der Waals surface area contributed by atoms with Crippen LogP contribution in [0.5, 0.6) is 0 Å². The second kappa shape index (κ2) is 8.27. The number of amides is 1. The predicted octanol–water partition coefficient (Wildman–Crippen LogP) is 3.05. The molecule has 0 aliphatic carbocycles. The Kier molecular flexibility index (Phi) is 6.37. The van der Waals surface area contributed by atoms with Crippen molar-refractivity contribution in [1.82, 2.24) is 5.32 Å². The molecule has 0 radical (unpaired) electrons. The highest BCUT2D eigenvalue weighted by atomic mass is 32.1. The maximum Gasteiger partial charge on any atom is 0.277 e. The van der Waals surface area contributed by atoms with Gasteiger partial charge in [-0.3, -0.25) is 4.79 Å². The number of quaternary nitrogens is 1. The van der Waals surface area contributed by atoms with Gasteiger partial charge in [0.05, 0.1) is 4.88 Å². The van der Waals surface area contributed by atoms with Gasteiger partial charge in [-0.1, -0.05) is 44.2 Å². The van der Waals surface area contributed by atoms with Crippen LogP contribution in [0.15, 0.2) is 41.8 Å². The first-order valence-corrected chi connectivity index (χ1v) is 9.14. The van der Waals surface area contributed by atoms with E-state index in [0.717, 1.165) is 6.42 Å². The second-order valence-corrected chi connectivity index (χ2v) is 7.04. The second-order valence-electron chi connectivity index (χ2n) is 6.06. The monoisotopic (exact) mass is 331 g/mol. The molecule has 0 saturated carbocycles. The van der Waals surface area contributed by atoms with E-state index >= 15 is 0 Å². The lowest BCUT2D eigenvalue weighted by Gasteiger charge is -2.19. The zero-order chi connectivity index (χ0) is 16.8. The van der Waals surface area contributed by atoms with Gasteiger partial charge in [-0.25, -0.2) is 0 Å². The molecule has 0 aliphatic rings. The molecular formula is C19H27N2OS+. The molecule has 1 heterocycles. The summed E-state index contributed by atoms with van der Waals surface area (Å²) in [5.41, 5.74) is 2.62. The SMILES string of the molecule is CC[C@H](C)c1ccc([C@H]([NH2+][C@@H](C)C(=O)NC)c2cccs2)cc1. The number of benzene rings is 1. The summed E-state index contributed by atoms with van der Waals surface area (Å²) in [6.45, 7) is 6.42. The molecule has 23 heavy (non-hydrogen) atoms. The van der Waals surface area contributed by atoms with Crippen molar-refractivity contribution < 1.29 is 10.1 Å². The van der Waals surface area contributed by atoms with E-state index in [-0.39, 0.29) is 18.0 Å². The van der Waals surface area contributed by atoms with E-state index < -0.39 is 0 Å². The van der Waals surface area contributed by atoms with Crippen LogP contribution in [0.1, 0.15) is 55.2 Å². The van der Waals surface area contributed by atoms with Gasteiger partial charge in [-0.15, -0.1) is 11.3 Å². The lowest BCUT2D eigenvalue weighted by Crippen LogP contribution is -2.92. The van der Waals surface area contributed by atoms with Crippen LogP contribution in [0.2, 0.25) is 0 Å². The molecule has 4 heteroatoms. The highest BCUT2D eigenvalue weighted by Crippen LogP contribution is 2.25. The Labute approximate surface area is 143 Å². The third-order valence-corrected chi connectivity index (χ3v) is 5.42. The van der Waals surface area contributed by atoms with E-state index in [1.54, 1.807) is 18.4 Å². The fraction of sp³-hybridized carbons (Fsp3) is 0.421. The van der Waals surface area contributed by atoms with Crippen molar-refractivity contribution in [2.45, 2.75) is 45.2 Å². The Morgan fingerprint density at radius 1 is 1.17 bits per heavy atom. The van der Waals surface area contributed by atoms with Gasteiger partial charge in [0.25, 0.3) is 5.91 Å². The molecule has 0 spiro atoms. The topological polar surface area (TPSA) is 45.7 Å². The summed E-state index contributed by atoms with van der Waals surface area (Å²) in [6, 6.07) is 13.1. The molecule has 3 nitrogen and oxygen atoms in total. The predicted molar refractivity (Wildman–Crippen MR) is 96.8 cm³/mol. The minimum atomic E-state index is -0.124. The smallest absolute Gasteiger partial charge is 0.277 e. The van der Waals surface area contributed by atoms with Gasteiger partial charge in [-0.05, 0) is 36.3 Å². The molecule has 0 fully saturated rings. The zero-order valence-electron chi connectivity index (χ0n) is 14.4. The minimum Gasteiger partial charge on any atom is -0.354 e. The number of nitrogens with one attached hydrogen (secondary N) is 1.